The van der Waals surface area contributed by atoms with E-state index in [0.29, 0.717) is 18.3 Å². The molecule has 0 aliphatic carbocycles. The minimum atomic E-state index is 0.651. The van der Waals surface area contributed by atoms with Crippen molar-refractivity contribution >= 4 is 5.96 Å². The molecule has 0 saturated carbocycles. The molecule has 0 aromatic carbocycles. The molecule has 2 rings (SSSR count). The van der Waals surface area contributed by atoms with Gasteiger partial charge in [0.05, 0.1) is 5.69 Å². The Morgan fingerprint density at radius 3 is 2.58 bits per heavy atom. The van der Waals surface area contributed by atoms with Crippen LogP contribution < -0.4 is 10.6 Å². The van der Waals surface area contributed by atoms with E-state index in [2.05, 4.69) is 44.8 Å². The Morgan fingerprint density at radius 1 is 1.12 bits per heavy atom. The lowest BCUT2D eigenvalue weighted by molar-refractivity contribution is 0.372. The maximum Gasteiger partial charge on any atom is 0.226 e. The molecule has 2 N–H and O–H groups in total. The molecule has 0 unspecified atom stereocenters. The van der Waals surface area contributed by atoms with Crippen LogP contribution in [0.1, 0.15) is 49.0 Å². The van der Waals surface area contributed by atoms with Crippen molar-refractivity contribution in [2.24, 2.45) is 4.99 Å². The standard InChI is InChI=1S/C16H26N6O2/c1-5-13-12(14(6-2)23-22-13)10-19-16(17-4)18-9-7-8-15-20-11(3)21-24-15/h5-10H2,1-4H3,(H2,17,18,19). The van der Waals surface area contributed by atoms with E-state index in [-0.39, 0.29) is 0 Å². The fourth-order valence-corrected chi connectivity index (χ4v) is 2.42. The summed E-state index contributed by atoms with van der Waals surface area (Å²) in [7, 11) is 1.76. The summed E-state index contributed by atoms with van der Waals surface area (Å²) >= 11 is 0. The van der Waals surface area contributed by atoms with Gasteiger partial charge in [-0.1, -0.05) is 24.2 Å². The molecule has 0 spiro atoms. The average molecular weight is 334 g/mol. The number of nitrogens with one attached hydrogen (secondary N) is 2. The molecule has 8 nitrogen and oxygen atoms in total. The zero-order chi connectivity index (χ0) is 17.4. The molecule has 2 aromatic heterocycles. The summed E-state index contributed by atoms with van der Waals surface area (Å²) in [4.78, 5) is 8.43. The summed E-state index contributed by atoms with van der Waals surface area (Å²) in [5.41, 5.74) is 2.13. The van der Waals surface area contributed by atoms with Gasteiger partial charge in [-0.2, -0.15) is 4.98 Å². The second-order valence-corrected chi connectivity index (χ2v) is 5.43. The molecule has 0 bridgehead atoms. The highest BCUT2D eigenvalue weighted by molar-refractivity contribution is 5.79. The topological polar surface area (TPSA) is 101 Å². The number of rotatable bonds is 8. The van der Waals surface area contributed by atoms with Gasteiger partial charge in [0.1, 0.15) is 5.76 Å². The summed E-state index contributed by atoms with van der Waals surface area (Å²) in [5, 5.41) is 14.5. The Kier molecular flexibility index (Phi) is 6.77. The smallest absolute Gasteiger partial charge is 0.226 e. The van der Waals surface area contributed by atoms with Crippen LogP contribution >= 0.6 is 0 Å². The molecule has 0 atom stereocenters. The average Bonchev–Trinajstić information content (AvgIpc) is 3.19. The van der Waals surface area contributed by atoms with Crippen LogP contribution in [-0.2, 0) is 25.8 Å². The van der Waals surface area contributed by atoms with Crippen molar-refractivity contribution in [2.45, 2.75) is 53.0 Å². The number of aryl methyl sites for hydroxylation is 4. The molecule has 0 aliphatic rings. The largest absolute Gasteiger partial charge is 0.361 e. The van der Waals surface area contributed by atoms with Gasteiger partial charge < -0.3 is 19.7 Å². The Hall–Kier alpha value is -2.38. The molecule has 8 heteroatoms. The zero-order valence-corrected chi connectivity index (χ0v) is 14.8. The van der Waals surface area contributed by atoms with Gasteiger partial charge in [0.15, 0.2) is 11.8 Å². The van der Waals surface area contributed by atoms with Crippen LogP contribution in [0, 0.1) is 6.92 Å². The van der Waals surface area contributed by atoms with E-state index in [0.717, 1.165) is 55.2 Å². The third-order valence-electron chi connectivity index (χ3n) is 3.69. The fourth-order valence-electron chi connectivity index (χ4n) is 2.42. The van der Waals surface area contributed by atoms with Crippen LogP contribution in [0.25, 0.3) is 0 Å². The minimum absolute atomic E-state index is 0.651. The lowest BCUT2D eigenvalue weighted by Crippen LogP contribution is -2.37. The van der Waals surface area contributed by atoms with Gasteiger partial charge in [0.2, 0.25) is 5.89 Å². The SMILES string of the molecule is CCc1noc(CC)c1CNC(=NC)NCCCc1nc(C)no1. The first-order chi connectivity index (χ1) is 11.7. The monoisotopic (exact) mass is 334 g/mol. The number of hydrogen-bond donors (Lipinski definition) is 2. The maximum absolute atomic E-state index is 5.38. The Morgan fingerprint density at radius 2 is 1.96 bits per heavy atom. The van der Waals surface area contributed by atoms with Crippen molar-refractivity contribution < 1.29 is 9.05 Å². The number of guanidine groups is 1. The zero-order valence-electron chi connectivity index (χ0n) is 14.8. The highest BCUT2D eigenvalue weighted by Gasteiger charge is 2.13. The number of aliphatic imine (C=N–C) groups is 1. The van der Waals surface area contributed by atoms with Crippen molar-refractivity contribution in [3.63, 3.8) is 0 Å². The molecule has 0 amide bonds. The first-order valence-electron chi connectivity index (χ1n) is 8.37. The van der Waals surface area contributed by atoms with E-state index in [1.807, 2.05) is 6.92 Å². The molecule has 0 fully saturated rings. The predicted molar refractivity (Wildman–Crippen MR) is 90.8 cm³/mol. The van der Waals surface area contributed by atoms with Crippen LogP contribution in [0.3, 0.4) is 0 Å². The first-order valence-corrected chi connectivity index (χ1v) is 8.37. The van der Waals surface area contributed by atoms with Crippen molar-refractivity contribution in [2.75, 3.05) is 13.6 Å². The first kappa shape index (κ1) is 18.0. The maximum atomic E-state index is 5.38. The molecular weight excluding hydrogens is 308 g/mol. The molecular formula is C16H26N6O2. The number of nitrogens with zero attached hydrogens (tertiary/aromatic N) is 4. The van der Waals surface area contributed by atoms with E-state index < -0.39 is 0 Å². The normalized spacial score (nSPS) is 11.8. The van der Waals surface area contributed by atoms with Crippen molar-refractivity contribution in [3.05, 3.63) is 28.7 Å². The second kappa shape index (κ2) is 9.05. The highest BCUT2D eigenvalue weighted by Crippen LogP contribution is 2.15. The van der Waals surface area contributed by atoms with E-state index in [9.17, 15) is 0 Å². The summed E-state index contributed by atoms with van der Waals surface area (Å²) in [6, 6.07) is 0. The Labute approximate surface area is 142 Å². The Bertz CT molecular complexity index is 640. The number of aromatic nitrogens is 3. The third-order valence-corrected chi connectivity index (χ3v) is 3.69. The molecule has 2 aromatic rings. The molecule has 0 radical (unpaired) electrons. The lowest BCUT2D eigenvalue weighted by atomic mass is 10.1. The van der Waals surface area contributed by atoms with E-state index in [1.54, 1.807) is 7.05 Å². The van der Waals surface area contributed by atoms with Gasteiger partial charge in [0.25, 0.3) is 0 Å². The van der Waals surface area contributed by atoms with Crippen LogP contribution in [-0.4, -0.2) is 34.8 Å². The minimum Gasteiger partial charge on any atom is -0.361 e. The van der Waals surface area contributed by atoms with Crippen LogP contribution in [0.4, 0.5) is 0 Å². The molecule has 0 saturated heterocycles. The van der Waals surface area contributed by atoms with Gasteiger partial charge >= 0.3 is 0 Å². The summed E-state index contributed by atoms with van der Waals surface area (Å²) < 4.78 is 10.5. The number of hydrogen-bond acceptors (Lipinski definition) is 6. The molecule has 24 heavy (non-hydrogen) atoms. The van der Waals surface area contributed by atoms with Gasteiger partial charge in [0, 0.05) is 38.5 Å². The Balaban J connectivity index is 1.77. The van der Waals surface area contributed by atoms with Gasteiger partial charge in [-0.15, -0.1) is 0 Å². The van der Waals surface area contributed by atoms with Gasteiger partial charge in [-0.05, 0) is 19.8 Å². The van der Waals surface area contributed by atoms with Crippen LogP contribution in [0.5, 0.6) is 0 Å². The summed E-state index contributed by atoms with van der Waals surface area (Å²) in [5.74, 6) is 3.02. The molecule has 2 heterocycles. The lowest BCUT2D eigenvalue weighted by Gasteiger charge is -2.11. The second-order valence-electron chi connectivity index (χ2n) is 5.43. The van der Waals surface area contributed by atoms with E-state index in [1.165, 1.54) is 0 Å². The van der Waals surface area contributed by atoms with Crippen molar-refractivity contribution in [1.82, 2.24) is 25.9 Å². The van der Waals surface area contributed by atoms with Crippen LogP contribution in [0.2, 0.25) is 0 Å². The van der Waals surface area contributed by atoms with E-state index in [4.69, 9.17) is 9.05 Å². The van der Waals surface area contributed by atoms with Gasteiger partial charge in [-0.3, -0.25) is 4.99 Å². The molecule has 0 aliphatic heterocycles. The van der Waals surface area contributed by atoms with Crippen molar-refractivity contribution in [3.8, 4) is 0 Å². The quantitative estimate of drug-likeness (QED) is 0.431. The van der Waals surface area contributed by atoms with Crippen molar-refractivity contribution in [1.29, 1.82) is 0 Å². The van der Waals surface area contributed by atoms with E-state index >= 15 is 0 Å². The fraction of sp³-hybridized carbons (Fsp3) is 0.625. The summed E-state index contributed by atoms with van der Waals surface area (Å²) in [6.07, 6.45) is 3.32. The molecule has 132 valence electrons. The highest BCUT2D eigenvalue weighted by atomic mass is 16.5. The predicted octanol–water partition coefficient (Wildman–Crippen LogP) is 1.79. The van der Waals surface area contributed by atoms with Crippen LogP contribution in [0.15, 0.2) is 14.0 Å². The van der Waals surface area contributed by atoms with Gasteiger partial charge in [-0.25, -0.2) is 0 Å². The third kappa shape index (κ3) is 4.81. The summed E-state index contributed by atoms with van der Waals surface area (Å²) in [6.45, 7) is 7.38.